The number of aryl methyl sites for hydroxylation is 1. The number of rotatable bonds is 3. The molecule has 0 spiro atoms. The number of amides is 1. The molecule has 0 aliphatic rings. The molecule has 1 heterocycles. The molecule has 0 atom stereocenters. The topological polar surface area (TPSA) is 77.2 Å². The number of hydrogen-bond acceptors (Lipinski definition) is 4. The number of anilines is 2. The van der Waals surface area contributed by atoms with Gasteiger partial charge in [-0.15, -0.1) is 0 Å². The van der Waals surface area contributed by atoms with Crippen molar-refractivity contribution in [3.63, 3.8) is 0 Å². The molecule has 0 radical (unpaired) electrons. The van der Waals surface area contributed by atoms with Crippen LogP contribution in [0.15, 0.2) is 36.5 Å². The van der Waals surface area contributed by atoms with E-state index in [2.05, 4.69) is 10.3 Å². The van der Waals surface area contributed by atoms with E-state index in [1.54, 1.807) is 24.4 Å². The highest BCUT2D eigenvalue weighted by Crippen LogP contribution is 2.19. The molecule has 3 N–H and O–H groups in total. The number of nitrogens with two attached hydrogens (primary N) is 1. The van der Waals surface area contributed by atoms with Gasteiger partial charge < -0.3 is 15.8 Å². The van der Waals surface area contributed by atoms with Crippen molar-refractivity contribution in [3.05, 3.63) is 47.7 Å². The Kier molecular flexibility index (Phi) is 3.66. The van der Waals surface area contributed by atoms with Crippen molar-refractivity contribution < 1.29 is 9.53 Å². The molecule has 1 aromatic carbocycles. The molecule has 2 rings (SSSR count). The first-order chi connectivity index (χ1) is 9.10. The second-order valence-corrected chi connectivity index (χ2v) is 4.12. The number of aromatic nitrogens is 1. The van der Waals surface area contributed by atoms with Gasteiger partial charge in [0.15, 0.2) is 0 Å². The van der Waals surface area contributed by atoms with Crippen LogP contribution in [0.5, 0.6) is 5.75 Å². The van der Waals surface area contributed by atoms with Gasteiger partial charge in [-0.25, -0.2) is 4.98 Å². The number of nitrogens with one attached hydrogen (secondary N) is 1. The summed E-state index contributed by atoms with van der Waals surface area (Å²) in [7, 11) is 1.53. The molecule has 0 aliphatic heterocycles. The SMILES string of the molecule is COc1cc(N)cc(C(=O)Nc2ncccc2C)c1. The normalized spacial score (nSPS) is 10.0. The molecule has 5 heteroatoms. The Labute approximate surface area is 111 Å². The number of ether oxygens (including phenoxy) is 1. The molecule has 2 aromatic rings. The first kappa shape index (κ1) is 12.9. The van der Waals surface area contributed by atoms with Gasteiger partial charge in [0.2, 0.25) is 0 Å². The van der Waals surface area contributed by atoms with Crippen molar-refractivity contribution in [2.24, 2.45) is 0 Å². The summed E-state index contributed by atoms with van der Waals surface area (Å²) in [6, 6.07) is 8.57. The van der Waals surface area contributed by atoms with E-state index in [0.29, 0.717) is 22.8 Å². The fraction of sp³-hybridized carbons (Fsp3) is 0.143. The maximum absolute atomic E-state index is 12.1. The van der Waals surface area contributed by atoms with Crippen LogP contribution in [0.3, 0.4) is 0 Å². The Balaban J connectivity index is 2.25. The van der Waals surface area contributed by atoms with E-state index < -0.39 is 0 Å². The minimum absolute atomic E-state index is 0.271. The first-order valence-corrected chi connectivity index (χ1v) is 5.77. The highest BCUT2D eigenvalue weighted by Gasteiger charge is 2.10. The molecule has 0 aliphatic carbocycles. The van der Waals surface area contributed by atoms with Gasteiger partial charge >= 0.3 is 0 Å². The average molecular weight is 257 g/mol. The molecule has 0 fully saturated rings. The van der Waals surface area contributed by atoms with Crippen LogP contribution < -0.4 is 15.8 Å². The zero-order chi connectivity index (χ0) is 13.8. The summed E-state index contributed by atoms with van der Waals surface area (Å²) in [6.07, 6.45) is 1.63. The maximum Gasteiger partial charge on any atom is 0.257 e. The van der Waals surface area contributed by atoms with Crippen molar-refractivity contribution in [2.45, 2.75) is 6.92 Å². The lowest BCUT2D eigenvalue weighted by molar-refractivity contribution is 0.102. The van der Waals surface area contributed by atoms with Crippen molar-refractivity contribution >= 4 is 17.4 Å². The molecule has 5 nitrogen and oxygen atoms in total. The average Bonchev–Trinajstić information content (AvgIpc) is 2.40. The van der Waals surface area contributed by atoms with Gasteiger partial charge in [0.25, 0.3) is 5.91 Å². The van der Waals surface area contributed by atoms with E-state index in [4.69, 9.17) is 10.5 Å². The van der Waals surface area contributed by atoms with E-state index in [1.165, 1.54) is 7.11 Å². The Hall–Kier alpha value is -2.56. The van der Waals surface area contributed by atoms with Crippen molar-refractivity contribution in [1.29, 1.82) is 0 Å². The van der Waals surface area contributed by atoms with E-state index >= 15 is 0 Å². The Morgan fingerprint density at radius 2 is 2.16 bits per heavy atom. The number of hydrogen-bond donors (Lipinski definition) is 2. The van der Waals surface area contributed by atoms with Crippen LogP contribution in [0.2, 0.25) is 0 Å². The number of carbonyl (C=O) groups excluding carboxylic acids is 1. The van der Waals surface area contributed by atoms with Gasteiger partial charge in [0, 0.05) is 23.5 Å². The highest BCUT2D eigenvalue weighted by atomic mass is 16.5. The van der Waals surface area contributed by atoms with Crippen LogP contribution >= 0.6 is 0 Å². The monoisotopic (exact) mass is 257 g/mol. The summed E-state index contributed by atoms with van der Waals surface area (Å²) in [4.78, 5) is 16.2. The molecule has 1 aromatic heterocycles. The Morgan fingerprint density at radius 1 is 1.37 bits per heavy atom. The largest absolute Gasteiger partial charge is 0.497 e. The first-order valence-electron chi connectivity index (χ1n) is 5.77. The highest BCUT2D eigenvalue weighted by molar-refractivity contribution is 6.04. The summed E-state index contributed by atoms with van der Waals surface area (Å²) in [5, 5.41) is 2.74. The van der Waals surface area contributed by atoms with E-state index in [9.17, 15) is 4.79 Å². The van der Waals surface area contributed by atoms with E-state index in [1.807, 2.05) is 19.1 Å². The minimum Gasteiger partial charge on any atom is -0.497 e. The lowest BCUT2D eigenvalue weighted by Crippen LogP contribution is -2.14. The molecule has 0 saturated carbocycles. The van der Waals surface area contributed by atoms with Crippen molar-refractivity contribution in [2.75, 3.05) is 18.2 Å². The third kappa shape index (κ3) is 3.01. The Morgan fingerprint density at radius 3 is 2.84 bits per heavy atom. The van der Waals surface area contributed by atoms with Crippen LogP contribution in [0, 0.1) is 6.92 Å². The predicted octanol–water partition coefficient (Wildman–Crippen LogP) is 2.23. The summed E-state index contributed by atoms with van der Waals surface area (Å²) in [5.41, 5.74) is 7.52. The van der Waals surface area contributed by atoms with Crippen LogP contribution in [-0.2, 0) is 0 Å². The third-order valence-electron chi connectivity index (χ3n) is 2.67. The number of carbonyl (C=O) groups is 1. The van der Waals surface area contributed by atoms with Gasteiger partial charge in [-0.2, -0.15) is 0 Å². The quantitative estimate of drug-likeness (QED) is 0.827. The van der Waals surface area contributed by atoms with Crippen LogP contribution in [-0.4, -0.2) is 18.0 Å². The molecular weight excluding hydrogens is 242 g/mol. The van der Waals surface area contributed by atoms with Gasteiger partial charge in [0.1, 0.15) is 11.6 Å². The molecule has 0 saturated heterocycles. The number of benzene rings is 1. The number of nitrogens with zero attached hydrogens (tertiary/aromatic N) is 1. The fourth-order valence-electron chi connectivity index (χ4n) is 1.67. The maximum atomic E-state index is 12.1. The number of methoxy groups -OCH3 is 1. The number of pyridine rings is 1. The zero-order valence-corrected chi connectivity index (χ0v) is 10.8. The second kappa shape index (κ2) is 5.39. The molecular formula is C14H15N3O2. The van der Waals surface area contributed by atoms with Gasteiger partial charge in [0.05, 0.1) is 7.11 Å². The number of nitrogen functional groups attached to an aromatic ring is 1. The molecule has 0 bridgehead atoms. The fourth-order valence-corrected chi connectivity index (χ4v) is 1.67. The van der Waals surface area contributed by atoms with Crippen LogP contribution in [0.4, 0.5) is 11.5 Å². The summed E-state index contributed by atoms with van der Waals surface area (Å²) < 4.78 is 5.08. The lowest BCUT2D eigenvalue weighted by atomic mass is 10.1. The summed E-state index contributed by atoms with van der Waals surface area (Å²) in [6.45, 7) is 1.88. The van der Waals surface area contributed by atoms with Gasteiger partial charge in [-0.05, 0) is 30.7 Å². The second-order valence-electron chi connectivity index (χ2n) is 4.12. The van der Waals surface area contributed by atoms with Gasteiger partial charge in [-0.1, -0.05) is 6.07 Å². The van der Waals surface area contributed by atoms with Crippen molar-refractivity contribution in [1.82, 2.24) is 4.98 Å². The molecule has 1 amide bonds. The summed E-state index contributed by atoms with van der Waals surface area (Å²) >= 11 is 0. The molecule has 98 valence electrons. The third-order valence-corrected chi connectivity index (χ3v) is 2.67. The zero-order valence-electron chi connectivity index (χ0n) is 10.8. The predicted molar refractivity (Wildman–Crippen MR) is 74.3 cm³/mol. The van der Waals surface area contributed by atoms with Crippen molar-refractivity contribution in [3.8, 4) is 5.75 Å². The minimum atomic E-state index is -0.271. The Bertz CT molecular complexity index is 611. The smallest absolute Gasteiger partial charge is 0.257 e. The molecule has 0 unspecified atom stereocenters. The van der Waals surface area contributed by atoms with E-state index in [-0.39, 0.29) is 5.91 Å². The van der Waals surface area contributed by atoms with E-state index in [0.717, 1.165) is 5.56 Å². The lowest BCUT2D eigenvalue weighted by Gasteiger charge is -2.09. The summed E-state index contributed by atoms with van der Waals surface area (Å²) in [5.74, 6) is 0.809. The van der Waals surface area contributed by atoms with Crippen LogP contribution in [0.25, 0.3) is 0 Å². The standard InChI is InChI=1S/C14H15N3O2/c1-9-4-3-5-16-13(9)17-14(18)10-6-11(15)8-12(7-10)19-2/h3-8H,15H2,1-2H3,(H,16,17,18). The van der Waals surface area contributed by atoms with Crippen LogP contribution in [0.1, 0.15) is 15.9 Å². The van der Waals surface area contributed by atoms with Gasteiger partial charge in [-0.3, -0.25) is 4.79 Å². The molecule has 19 heavy (non-hydrogen) atoms.